The second-order valence-corrected chi connectivity index (χ2v) is 5.15. The van der Waals surface area contributed by atoms with Crippen LogP contribution < -0.4 is 5.32 Å². The second-order valence-electron chi connectivity index (χ2n) is 5.15. The fourth-order valence-electron chi connectivity index (χ4n) is 1.93. The molecule has 0 aliphatic heterocycles. The minimum atomic E-state index is -4.46. The van der Waals surface area contributed by atoms with Gasteiger partial charge in [-0.1, -0.05) is 0 Å². The Morgan fingerprint density at radius 3 is 2.42 bits per heavy atom. The van der Waals surface area contributed by atoms with Crippen LogP contribution in [0.3, 0.4) is 0 Å². The van der Waals surface area contributed by atoms with E-state index in [1.165, 1.54) is 12.1 Å². The van der Waals surface area contributed by atoms with Crippen LogP contribution in [-0.2, 0) is 10.9 Å². The molecule has 0 radical (unpaired) electrons. The number of rotatable bonds is 7. The van der Waals surface area contributed by atoms with Gasteiger partial charge in [-0.05, 0) is 36.8 Å². The summed E-state index contributed by atoms with van der Waals surface area (Å²) in [7, 11) is 0. The van der Waals surface area contributed by atoms with Crippen LogP contribution in [0.5, 0.6) is 0 Å². The molecule has 0 aliphatic carbocycles. The van der Waals surface area contributed by atoms with E-state index in [0.29, 0.717) is 18.8 Å². The number of nitrogens with one attached hydrogen (secondary N) is 1. The van der Waals surface area contributed by atoms with E-state index in [2.05, 4.69) is 10.3 Å². The number of carbonyl (C=O) groups is 1. The molecule has 1 aromatic carbocycles. The van der Waals surface area contributed by atoms with E-state index in [4.69, 9.17) is 4.74 Å². The molecule has 1 heterocycles. The lowest BCUT2D eigenvalue weighted by molar-refractivity contribution is -0.385. The summed E-state index contributed by atoms with van der Waals surface area (Å²) >= 11 is 0. The Labute approximate surface area is 146 Å². The van der Waals surface area contributed by atoms with E-state index in [1.54, 1.807) is 0 Å². The smallest absolute Gasteiger partial charge is 0.416 e. The van der Waals surface area contributed by atoms with Crippen LogP contribution in [0.2, 0.25) is 0 Å². The average molecular weight is 369 g/mol. The molecule has 0 amide bonds. The van der Waals surface area contributed by atoms with Crippen molar-refractivity contribution in [3.63, 3.8) is 0 Å². The predicted octanol–water partition coefficient (Wildman–Crippen LogP) is 3.67. The highest BCUT2D eigenvalue weighted by molar-refractivity contribution is 5.89. The maximum absolute atomic E-state index is 12.4. The molecule has 138 valence electrons. The number of benzene rings is 1. The molecule has 2 aromatic rings. The quantitative estimate of drug-likeness (QED) is 0.346. The maximum atomic E-state index is 12.4. The fraction of sp³-hybridized carbons (Fsp3) is 0.250. The molecule has 0 saturated heterocycles. The van der Waals surface area contributed by atoms with Crippen LogP contribution in [0.4, 0.5) is 24.7 Å². The van der Waals surface area contributed by atoms with Gasteiger partial charge >= 0.3 is 12.1 Å². The van der Waals surface area contributed by atoms with E-state index < -0.39 is 22.6 Å². The van der Waals surface area contributed by atoms with Crippen molar-refractivity contribution in [1.82, 2.24) is 4.98 Å². The van der Waals surface area contributed by atoms with Gasteiger partial charge in [0, 0.05) is 12.6 Å². The van der Waals surface area contributed by atoms with Gasteiger partial charge in [0.1, 0.15) is 12.0 Å². The second kappa shape index (κ2) is 8.28. The number of esters is 1. The third-order valence-electron chi connectivity index (χ3n) is 3.27. The molecule has 0 aliphatic rings. The Kier molecular flexibility index (Phi) is 6.10. The van der Waals surface area contributed by atoms with Crippen molar-refractivity contribution >= 4 is 17.5 Å². The van der Waals surface area contributed by atoms with Crippen molar-refractivity contribution in [2.24, 2.45) is 0 Å². The van der Waals surface area contributed by atoms with Crippen LogP contribution >= 0.6 is 0 Å². The monoisotopic (exact) mass is 369 g/mol. The number of halogens is 3. The van der Waals surface area contributed by atoms with Gasteiger partial charge in [0.2, 0.25) is 0 Å². The molecule has 26 heavy (non-hydrogen) atoms. The lowest BCUT2D eigenvalue weighted by atomic mass is 10.1. The summed E-state index contributed by atoms with van der Waals surface area (Å²) in [6.07, 6.45) is -2.92. The standard InChI is InChI=1S/C16H14F3N3O4/c17-16(18,19)12-4-2-11(3-5-12)15(23)26-9-1-8-20-14-7-6-13(10-21-14)22(24)25/h2-7,10H,1,8-9H2,(H,20,21). The van der Waals surface area contributed by atoms with Crippen molar-refractivity contribution in [1.29, 1.82) is 0 Å². The Morgan fingerprint density at radius 2 is 1.88 bits per heavy atom. The Morgan fingerprint density at radius 1 is 1.19 bits per heavy atom. The molecular weight excluding hydrogens is 355 g/mol. The topological polar surface area (TPSA) is 94.4 Å². The summed E-state index contributed by atoms with van der Waals surface area (Å²) in [5.41, 5.74) is -0.933. The van der Waals surface area contributed by atoms with Crippen LogP contribution in [0.15, 0.2) is 42.6 Å². The van der Waals surface area contributed by atoms with Crippen LogP contribution in [0.1, 0.15) is 22.3 Å². The van der Waals surface area contributed by atoms with Gasteiger partial charge in [0.25, 0.3) is 5.69 Å². The molecule has 2 rings (SSSR count). The number of hydrogen-bond donors (Lipinski definition) is 1. The first-order chi connectivity index (χ1) is 12.3. The largest absolute Gasteiger partial charge is 0.462 e. The normalized spacial score (nSPS) is 11.0. The third-order valence-corrected chi connectivity index (χ3v) is 3.27. The van der Waals surface area contributed by atoms with Crippen LogP contribution in [0, 0.1) is 10.1 Å². The maximum Gasteiger partial charge on any atom is 0.416 e. The number of hydrogen-bond acceptors (Lipinski definition) is 6. The molecule has 10 heteroatoms. The molecule has 0 fully saturated rings. The van der Waals surface area contributed by atoms with E-state index in [0.717, 1.165) is 30.5 Å². The summed E-state index contributed by atoms with van der Waals surface area (Å²) in [4.78, 5) is 25.5. The van der Waals surface area contributed by atoms with Gasteiger partial charge in [-0.25, -0.2) is 9.78 Å². The lowest BCUT2D eigenvalue weighted by Crippen LogP contribution is -2.11. The highest BCUT2D eigenvalue weighted by atomic mass is 19.4. The number of alkyl halides is 3. The first-order valence-electron chi connectivity index (χ1n) is 7.46. The molecule has 0 bridgehead atoms. The van der Waals surface area contributed by atoms with Gasteiger partial charge in [-0.3, -0.25) is 10.1 Å². The van der Waals surface area contributed by atoms with E-state index in [-0.39, 0.29) is 17.9 Å². The van der Waals surface area contributed by atoms with Gasteiger partial charge in [0.15, 0.2) is 0 Å². The molecule has 0 saturated carbocycles. The average Bonchev–Trinajstić information content (AvgIpc) is 2.61. The summed E-state index contributed by atoms with van der Waals surface area (Å²) in [6, 6.07) is 6.51. The molecule has 7 nitrogen and oxygen atoms in total. The zero-order valence-corrected chi connectivity index (χ0v) is 13.3. The predicted molar refractivity (Wildman–Crippen MR) is 85.7 cm³/mol. The van der Waals surface area contributed by atoms with Crippen molar-refractivity contribution in [3.05, 3.63) is 63.8 Å². The van der Waals surface area contributed by atoms with Crippen LogP contribution in [-0.4, -0.2) is 29.0 Å². The number of nitrogens with zero attached hydrogens (tertiary/aromatic N) is 2. The van der Waals surface area contributed by atoms with E-state index in [1.807, 2.05) is 0 Å². The van der Waals surface area contributed by atoms with Gasteiger partial charge in [-0.2, -0.15) is 13.2 Å². The minimum absolute atomic E-state index is 0.0306. The zero-order valence-electron chi connectivity index (χ0n) is 13.3. The summed E-state index contributed by atoms with van der Waals surface area (Å²) in [5, 5.41) is 13.4. The molecular formula is C16H14F3N3O4. The first-order valence-corrected chi connectivity index (χ1v) is 7.46. The molecule has 1 N–H and O–H groups in total. The number of carbonyl (C=O) groups excluding carboxylic acids is 1. The fourth-order valence-corrected chi connectivity index (χ4v) is 1.93. The molecule has 0 spiro atoms. The van der Waals surface area contributed by atoms with Gasteiger partial charge in [0.05, 0.1) is 22.7 Å². The van der Waals surface area contributed by atoms with E-state index in [9.17, 15) is 28.1 Å². The van der Waals surface area contributed by atoms with Gasteiger partial charge in [-0.15, -0.1) is 0 Å². The SMILES string of the molecule is O=C(OCCCNc1ccc([N+](=O)[O-])cn1)c1ccc(C(F)(F)F)cc1. The molecule has 0 atom stereocenters. The first kappa shape index (κ1) is 19.2. The zero-order chi connectivity index (χ0) is 19.2. The summed E-state index contributed by atoms with van der Waals surface area (Å²) in [6.45, 7) is 0.449. The molecule has 1 aromatic heterocycles. The third kappa shape index (κ3) is 5.43. The number of nitro groups is 1. The Hall–Kier alpha value is -3.17. The minimum Gasteiger partial charge on any atom is -0.462 e. The number of pyridine rings is 1. The Balaban J connectivity index is 1.72. The summed E-state index contributed by atoms with van der Waals surface area (Å²) < 4.78 is 42.3. The molecule has 0 unspecified atom stereocenters. The number of anilines is 1. The van der Waals surface area contributed by atoms with Crippen molar-refractivity contribution in [2.45, 2.75) is 12.6 Å². The lowest BCUT2D eigenvalue weighted by Gasteiger charge is -2.08. The highest BCUT2D eigenvalue weighted by Gasteiger charge is 2.30. The van der Waals surface area contributed by atoms with Crippen molar-refractivity contribution < 1.29 is 27.6 Å². The highest BCUT2D eigenvalue weighted by Crippen LogP contribution is 2.29. The Bertz CT molecular complexity index is 762. The van der Waals surface area contributed by atoms with E-state index >= 15 is 0 Å². The van der Waals surface area contributed by atoms with Crippen molar-refractivity contribution in [2.75, 3.05) is 18.5 Å². The van der Waals surface area contributed by atoms with Crippen molar-refractivity contribution in [3.8, 4) is 0 Å². The number of ether oxygens (including phenoxy) is 1. The number of aromatic nitrogens is 1. The summed E-state index contributed by atoms with van der Waals surface area (Å²) in [5.74, 6) is -0.281. The van der Waals surface area contributed by atoms with Crippen LogP contribution in [0.25, 0.3) is 0 Å². The van der Waals surface area contributed by atoms with Gasteiger partial charge < -0.3 is 10.1 Å².